The highest BCUT2D eigenvalue weighted by Crippen LogP contribution is 2.27. The highest BCUT2D eigenvalue weighted by atomic mass is 32.2. The molecule has 0 aliphatic carbocycles. The van der Waals surface area contributed by atoms with Gasteiger partial charge in [-0.1, -0.05) is 19.8 Å². The third-order valence-corrected chi connectivity index (χ3v) is 5.82. The van der Waals surface area contributed by atoms with Gasteiger partial charge in [0, 0.05) is 32.2 Å². The van der Waals surface area contributed by atoms with Crippen LogP contribution in [-0.2, 0) is 10.0 Å². The molecule has 0 amide bonds. The number of aromatic nitrogens is 2. The number of imidazole rings is 1. The zero-order valence-electron chi connectivity index (χ0n) is 12.0. The summed E-state index contributed by atoms with van der Waals surface area (Å²) in [6.45, 7) is 2.62. The summed E-state index contributed by atoms with van der Waals surface area (Å²) in [5.41, 5.74) is 0. The fraction of sp³-hybridized carbons (Fsp3) is 0.583. The van der Waals surface area contributed by atoms with E-state index in [1.165, 1.54) is 15.6 Å². The van der Waals surface area contributed by atoms with Gasteiger partial charge in [-0.25, -0.2) is 13.4 Å². The molecule has 112 valence electrons. The molecule has 6 nitrogen and oxygen atoms in total. The number of rotatable bonds is 7. The Balaban J connectivity index is 2.37. The van der Waals surface area contributed by atoms with E-state index in [1.807, 2.05) is 5.38 Å². The molecule has 0 spiro atoms. The molecule has 0 atom stereocenters. The molecule has 0 saturated heterocycles. The molecule has 0 radical (unpaired) electrons. The minimum Gasteiger partial charge on any atom is -0.371 e. The Bertz CT molecular complexity index is 675. The van der Waals surface area contributed by atoms with Crippen LogP contribution in [-0.4, -0.2) is 42.7 Å². The molecule has 2 aromatic heterocycles. The van der Waals surface area contributed by atoms with E-state index in [0.717, 1.165) is 19.3 Å². The Kier molecular flexibility index (Phi) is 4.66. The smallest absolute Gasteiger partial charge is 0.262 e. The summed E-state index contributed by atoms with van der Waals surface area (Å²) in [5.74, 6) is 0.402. The number of fused-ring (bicyclic) bond motifs is 1. The number of nitrogens with one attached hydrogen (secondary N) is 1. The van der Waals surface area contributed by atoms with Gasteiger partial charge in [-0.3, -0.25) is 4.40 Å². The fourth-order valence-corrected chi connectivity index (χ4v) is 4.25. The molecule has 0 aliphatic rings. The van der Waals surface area contributed by atoms with Gasteiger partial charge in [0.2, 0.25) is 0 Å². The van der Waals surface area contributed by atoms with Gasteiger partial charge in [-0.05, 0) is 6.42 Å². The van der Waals surface area contributed by atoms with Crippen molar-refractivity contribution in [1.82, 2.24) is 13.7 Å². The van der Waals surface area contributed by atoms with Gasteiger partial charge in [-0.15, -0.1) is 11.3 Å². The lowest BCUT2D eigenvalue weighted by Gasteiger charge is -2.17. The minimum absolute atomic E-state index is 0.218. The van der Waals surface area contributed by atoms with E-state index in [0.29, 0.717) is 17.3 Å². The molecule has 2 aromatic rings. The number of nitrogens with zero attached hydrogens (tertiary/aromatic N) is 3. The number of hydrogen-bond acceptors (Lipinski definition) is 5. The molecule has 20 heavy (non-hydrogen) atoms. The Labute approximate surface area is 123 Å². The quantitative estimate of drug-likeness (QED) is 0.796. The van der Waals surface area contributed by atoms with Crippen molar-refractivity contribution in [3.63, 3.8) is 0 Å². The predicted molar refractivity (Wildman–Crippen MR) is 82.0 cm³/mol. The summed E-state index contributed by atoms with van der Waals surface area (Å²) in [6.07, 6.45) is 4.70. The first kappa shape index (κ1) is 15.3. The number of sulfonamides is 1. The fourth-order valence-electron chi connectivity index (χ4n) is 2.03. The average Bonchev–Trinajstić information content (AvgIpc) is 2.97. The molecule has 0 bridgehead atoms. The van der Waals surface area contributed by atoms with Gasteiger partial charge in [0.25, 0.3) is 10.0 Å². The van der Waals surface area contributed by atoms with Crippen molar-refractivity contribution >= 4 is 32.1 Å². The lowest BCUT2D eigenvalue weighted by molar-refractivity contribution is 0.451. The standard InChI is InChI=1S/C12H20N4O2S2/c1-4-5-6-7-15(3)20(17,18)11-10(13-2)14-12-16(11)8-9-19-12/h8-9,13H,4-7H2,1-3H3. The molecule has 1 N–H and O–H groups in total. The van der Waals surface area contributed by atoms with Crippen molar-refractivity contribution < 1.29 is 8.42 Å². The van der Waals surface area contributed by atoms with Crippen molar-refractivity contribution in [2.24, 2.45) is 0 Å². The lowest BCUT2D eigenvalue weighted by atomic mass is 10.2. The molecule has 2 heterocycles. The first-order chi connectivity index (χ1) is 9.52. The maximum Gasteiger partial charge on any atom is 0.262 e. The van der Waals surface area contributed by atoms with Gasteiger partial charge in [0.1, 0.15) is 0 Å². The molecule has 0 fully saturated rings. The van der Waals surface area contributed by atoms with Crippen LogP contribution < -0.4 is 5.32 Å². The van der Waals surface area contributed by atoms with Gasteiger partial charge in [0.05, 0.1) is 0 Å². The number of thiazole rings is 1. The van der Waals surface area contributed by atoms with Crippen LogP contribution in [0, 0.1) is 0 Å². The highest BCUT2D eigenvalue weighted by Gasteiger charge is 2.29. The molecule has 0 unspecified atom stereocenters. The van der Waals surface area contributed by atoms with Crippen LogP contribution in [0.1, 0.15) is 26.2 Å². The highest BCUT2D eigenvalue weighted by molar-refractivity contribution is 7.89. The largest absolute Gasteiger partial charge is 0.371 e. The Morgan fingerprint density at radius 1 is 1.45 bits per heavy atom. The van der Waals surface area contributed by atoms with Crippen molar-refractivity contribution in [3.05, 3.63) is 11.6 Å². The topological polar surface area (TPSA) is 66.7 Å². The van der Waals surface area contributed by atoms with Gasteiger partial charge >= 0.3 is 0 Å². The molecule has 2 rings (SSSR count). The lowest BCUT2D eigenvalue weighted by Crippen LogP contribution is -2.29. The van der Waals surface area contributed by atoms with E-state index in [4.69, 9.17) is 0 Å². The van der Waals surface area contributed by atoms with E-state index < -0.39 is 10.0 Å². The first-order valence-electron chi connectivity index (χ1n) is 6.62. The zero-order valence-corrected chi connectivity index (χ0v) is 13.6. The summed E-state index contributed by atoms with van der Waals surface area (Å²) in [7, 11) is -0.233. The summed E-state index contributed by atoms with van der Waals surface area (Å²) in [5, 5.41) is 4.92. The van der Waals surface area contributed by atoms with Crippen LogP contribution in [0.2, 0.25) is 0 Å². The van der Waals surface area contributed by atoms with Gasteiger partial charge in [0.15, 0.2) is 15.8 Å². The van der Waals surface area contributed by atoms with Crippen LogP contribution in [0.15, 0.2) is 16.6 Å². The van der Waals surface area contributed by atoms with Crippen LogP contribution in [0.5, 0.6) is 0 Å². The maximum absolute atomic E-state index is 12.7. The third kappa shape index (κ3) is 2.68. The molecular weight excluding hydrogens is 296 g/mol. The summed E-state index contributed by atoms with van der Waals surface area (Å²) >= 11 is 1.42. The van der Waals surface area contributed by atoms with E-state index >= 15 is 0 Å². The minimum atomic E-state index is -3.54. The van der Waals surface area contributed by atoms with Crippen LogP contribution in [0.25, 0.3) is 4.96 Å². The molecule has 0 saturated carbocycles. The molecule has 0 aromatic carbocycles. The van der Waals surface area contributed by atoms with Gasteiger partial charge in [-0.2, -0.15) is 4.31 Å². The molecule has 8 heteroatoms. The average molecular weight is 316 g/mol. The predicted octanol–water partition coefficient (Wildman–Crippen LogP) is 2.25. The second kappa shape index (κ2) is 6.11. The van der Waals surface area contributed by atoms with E-state index in [1.54, 1.807) is 24.7 Å². The third-order valence-electron chi connectivity index (χ3n) is 3.19. The van der Waals surface area contributed by atoms with Crippen molar-refractivity contribution in [1.29, 1.82) is 0 Å². The van der Waals surface area contributed by atoms with Gasteiger partial charge < -0.3 is 5.32 Å². The summed E-state index contributed by atoms with van der Waals surface area (Å²) in [4.78, 5) is 4.98. The monoisotopic (exact) mass is 316 g/mol. The second-order valence-electron chi connectivity index (χ2n) is 4.60. The zero-order chi connectivity index (χ0) is 14.8. The normalized spacial score (nSPS) is 12.4. The second-order valence-corrected chi connectivity index (χ2v) is 7.44. The van der Waals surface area contributed by atoms with E-state index in [9.17, 15) is 8.42 Å². The van der Waals surface area contributed by atoms with E-state index in [-0.39, 0.29) is 5.03 Å². The number of unbranched alkanes of at least 4 members (excludes halogenated alkanes) is 2. The van der Waals surface area contributed by atoms with Crippen LogP contribution in [0.3, 0.4) is 0 Å². The summed E-state index contributed by atoms with van der Waals surface area (Å²) < 4.78 is 28.5. The van der Waals surface area contributed by atoms with Crippen molar-refractivity contribution in [3.8, 4) is 0 Å². The SMILES string of the molecule is CCCCCN(C)S(=O)(=O)c1c(NC)nc2sccn12. The van der Waals surface area contributed by atoms with Crippen molar-refractivity contribution in [2.45, 2.75) is 31.2 Å². The van der Waals surface area contributed by atoms with Crippen LogP contribution >= 0.6 is 11.3 Å². The Morgan fingerprint density at radius 3 is 2.85 bits per heavy atom. The number of hydrogen-bond donors (Lipinski definition) is 1. The number of anilines is 1. The molecular formula is C12H20N4O2S2. The Morgan fingerprint density at radius 2 is 2.20 bits per heavy atom. The maximum atomic E-state index is 12.7. The molecule has 0 aliphatic heterocycles. The van der Waals surface area contributed by atoms with Crippen molar-refractivity contribution in [2.75, 3.05) is 26.0 Å². The van der Waals surface area contributed by atoms with Crippen LogP contribution in [0.4, 0.5) is 5.82 Å². The summed E-state index contributed by atoms with van der Waals surface area (Å²) in [6, 6.07) is 0. The van der Waals surface area contributed by atoms with E-state index in [2.05, 4.69) is 17.2 Å². The Hall–Kier alpha value is -1.12. The first-order valence-corrected chi connectivity index (χ1v) is 8.94.